The number of ether oxygens (including phenoxy) is 1. The summed E-state index contributed by atoms with van der Waals surface area (Å²) in [7, 11) is 1.70. The summed E-state index contributed by atoms with van der Waals surface area (Å²) >= 11 is 6.27. The molecule has 0 aliphatic heterocycles. The van der Waals surface area contributed by atoms with Crippen molar-refractivity contribution in [2.45, 2.75) is 32.1 Å². The molecule has 20 heavy (non-hydrogen) atoms. The minimum atomic E-state index is -0.278. The molecule has 0 saturated heterocycles. The van der Waals surface area contributed by atoms with Crippen molar-refractivity contribution in [1.82, 2.24) is 5.32 Å². The lowest BCUT2D eigenvalue weighted by Gasteiger charge is -2.54. The fourth-order valence-electron chi connectivity index (χ4n) is 3.61. The Balaban J connectivity index is 2.15. The third-order valence-electron chi connectivity index (χ3n) is 4.08. The molecule has 0 bridgehead atoms. The van der Waals surface area contributed by atoms with Crippen LogP contribution < -0.4 is 5.32 Å². The Bertz CT molecular complexity index is 468. The smallest absolute Gasteiger partial charge is 0.124 e. The first-order chi connectivity index (χ1) is 9.38. The lowest BCUT2D eigenvalue weighted by Crippen LogP contribution is -2.53. The normalized spacial score (nSPS) is 19.6. The van der Waals surface area contributed by atoms with E-state index < -0.39 is 0 Å². The zero-order valence-electron chi connectivity index (χ0n) is 12.4. The second kappa shape index (κ2) is 6.00. The average Bonchev–Trinajstić information content (AvgIpc) is 2.32. The number of benzene rings is 1. The van der Waals surface area contributed by atoms with Gasteiger partial charge in [-0.3, -0.25) is 0 Å². The largest absolute Gasteiger partial charge is 0.383 e. The molecule has 0 atom stereocenters. The molecule has 4 heteroatoms. The molecule has 0 spiro atoms. The van der Waals surface area contributed by atoms with Gasteiger partial charge in [-0.15, -0.1) is 0 Å². The molecule has 0 amide bonds. The van der Waals surface area contributed by atoms with Crippen LogP contribution in [0.5, 0.6) is 0 Å². The van der Waals surface area contributed by atoms with Gasteiger partial charge in [-0.1, -0.05) is 31.5 Å². The lowest BCUT2D eigenvalue weighted by molar-refractivity contribution is 0.0548. The van der Waals surface area contributed by atoms with Crippen LogP contribution in [-0.4, -0.2) is 26.8 Å². The fraction of sp³-hybridized carbons (Fsp3) is 0.625. The summed E-state index contributed by atoms with van der Waals surface area (Å²) in [6, 6.07) is 4.76. The molecule has 0 aromatic heterocycles. The van der Waals surface area contributed by atoms with Crippen LogP contribution >= 0.6 is 11.6 Å². The van der Waals surface area contributed by atoms with Crippen LogP contribution in [0, 0.1) is 11.2 Å². The van der Waals surface area contributed by atoms with Crippen molar-refractivity contribution in [2.75, 3.05) is 26.8 Å². The third kappa shape index (κ3) is 3.33. The molecule has 0 unspecified atom stereocenters. The second-order valence-corrected chi connectivity index (χ2v) is 7.00. The fourth-order valence-corrected chi connectivity index (χ4v) is 3.98. The maximum Gasteiger partial charge on any atom is 0.124 e. The van der Waals surface area contributed by atoms with E-state index in [1.54, 1.807) is 7.11 Å². The van der Waals surface area contributed by atoms with E-state index in [-0.39, 0.29) is 11.2 Å². The van der Waals surface area contributed by atoms with E-state index in [1.807, 2.05) is 6.07 Å². The first-order valence-corrected chi connectivity index (χ1v) is 7.42. The maximum absolute atomic E-state index is 13.2. The van der Waals surface area contributed by atoms with Crippen molar-refractivity contribution in [2.24, 2.45) is 5.41 Å². The van der Waals surface area contributed by atoms with Gasteiger partial charge in [0.05, 0.1) is 6.61 Å². The van der Waals surface area contributed by atoms with Crippen LogP contribution in [0.25, 0.3) is 0 Å². The first kappa shape index (κ1) is 15.7. The standard InChI is InChI=1S/C16H23ClFNO/c1-15(2)9-16(10-15,11-19-6-7-20-3)13-5-4-12(18)8-14(13)17/h4-5,8,19H,6-7,9-11H2,1-3H3. The molecule has 1 aliphatic rings. The van der Waals surface area contributed by atoms with Crippen LogP contribution in [0.4, 0.5) is 4.39 Å². The molecule has 0 heterocycles. The Morgan fingerprint density at radius 3 is 2.60 bits per heavy atom. The summed E-state index contributed by atoms with van der Waals surface area (Å²) in [6.07, 6.45) is 2.12. The van der Waals surface area contributed by atoms with Gasteiger partial charge < -0.3 is 10.1 Å². The average molecular weight is 300 g/mol. The number of hydrogen-bond acceptors (Lipinski definition) is 2. The van der Waals surface area contributed by atoms with Crippen LogP contribution in [0.15, 0.2) is 18.2 Å². The highest BCUT2D eigenvalue weighted by Gasteiger charge is 2.50. The predicted molar refractivity (Wildman–Crippen MR) is 80.8 cm³/mol. The summed E-state index contributed by atoms with van der Waals surface area (Å²) in [5.74, 6) is -0.278. The Hall–Kier alpha value is -0.640. The summed E-state index contributed by atoms with van der Waals surface area (Å²) < 4.78 is 18.3. The number of rotatable bonds is 6. The number of nitrogens with one attached hydrogen (secondary N) is 1. The van der Waals surface area contributed by atoms with E-state index in [9.17, 15) is 4.39 Å². The minimum absolute atomic E-state index is 0.0159. The van der Waals surface area contributed by atoms with Gasteiger partial charge in [0.15, 0.2) is 0 Å². The van der Waals surface area contributed by atoms with Gasteiger partial charge in [0, 0.05) is 30.6 Å². The van der Waals surface area contributed by atoms with Gasteiger partial charge in [0.1, 0.15) is 5.82 Å². The molecule has 1 aromatic carbocycles. The Kier molecular flexibility index (Phi) is 4.73. The highest BCUT2D eigenvalue weighted by Crippen LogP contribution is 2.56. The Labute approximate surface area is 125 Å². The third-order valence-corrected chi connectivity index (χ3v) is 4.40. The van der Waals surface area contributed by atoms with Crippen molar-refractivity contribution >= 4 is 11.6 Å². The first-order valence-electron chi connectivity index (χ1n) is 7.04. The van der Waals surface area contributed by atoms with Gasteiger partial charge >= 0.3 is 0 Å². The molecule has 112 valence electrons. The van der Waals surface area contributed by atoms with Crippen LogP contribution in [0.2, 0.25) is 5.02 Å². The number of hydrogen-bond donors (Lipinski definition) is 1. The van der Waals surface area contributed by atoms with E-state index in [1.165, 1.54) is 12.1 Å². The zero-order valence-corrected chi connectivity index (χ0v) is 13.2. The molecule has 1 fully saturated rings. The van der Waals surface area contributed by atoms with Crippen molar-refractivity contribution < 1.29 is 9.13 Å². The van der Waals surface area contributed by atoms with Crippen molar-refractivity contribution in [3.05, 3.63) is 34.6 Å². The van der Waals surface area contributed by atoms with Crippen LogP contribution in [0.1, 0.15) is 32.3 Å². The molecule has 1 saturated carbocycles. The number of halogens is 2. The summed E-state index contributed by atoms with van der Waals surface area (Å²) in [5, 5.41) is 3.97. The van der Waals surface area contributed by atoms with Gasteiger partial charge in [-0.05, 0) is 36.0 Å². The van der Waals surface area contributed by atoms with Gasteiger partial charge in [0.25, 0.3) is 0 Å². The Morgan fingerprint density at radius 2 is 2.05 bits per heavy atom. The summed E-state index contributed by atoms with van der Waals surface area (Å²) in [5.41, 5.74) is 1.40. The van der Waals surface area contributed by atoms with Crippen molar-refractivity contribution in [1.29, 1.82) is 0 Å². The molecular formula is C16H23ClFNO. The second-order valence-electron chi connectivity index (χ2n) is 6.59. The van der Waals surface area contributed by atoms with E-state index >= 15 is 0 Å². The zero-order chi connectivity index (χ0) is 14.8. The predicted octanol–water partition coefficient (Wildman–Crippen LogP) is 3.77. The SMILES string of the molecule is COCCNCC1(c2ccc(F)cc2Cl)CC(C)(C)C1. The molecule has 1 aromatic rings. The monoisotopic (exact) mass is 299 g/mol. The molecular weight excluding hydrogens is 277 g/mol. The van der Waals surface area contributed by atoms with Crippen LogP contribution in [0.3, 0.4) is 0 Å². The van der Waals surface area contributed by atoms with E-state index in [0.29, 0.717) is 17.0 Å². The topological polar surface area (TPSA) is 21.3 Å². The van der Waals surface area contributed by atoms with Gasteiger partial charge in [-0.25, -0.2) is 4.39 Å². The molecule has 2 rings (SSSR count). The molecule has 1 N–H and O–H groups in total. The molecule has 0 radical (unpaired) electrons. The molecule has 1 aliphatic carbocycles. The van der Waals surface area contributed by atoms with E-state index in [0.717, 1.165) is 31.5 Å². The minimum Gasteiger partial charge on any atom is -0.383 e. The quantitative estimate of drug-likeness (QED) is 0.807. The maximum atomic E-state index is 13.2. The van der Waals surface area contributed by atoms with E-state index in [4.69, 9.17) is 16.3 Å². The van der Waals surface area contributed by atoms with Crippen LogP contribution in [-0.2, 0) is 10.2 Å². The highest BCUT2D eigenvalue weighted by molar-refractivity contribution is 6.31. The summed E-state index contributed by atoms with van der Waals surface area (Å²) in [6.45, 7) is 6.88. The highest BCUT2D eigenvalue weighted by atomic mass is 35.5. The van der Waals surface area contributed by atoms with Gasteiger partial charge in [-0.2, -0.15) is 0 Å². The Morgan fingerprint density at radius 1 is 1.35 bits per heavy atom. The summed E-state index contributed by atoms with van der Waals surface area (Å²) in [4.78, 5) is 0. The van der Waals surface area contributed by atoms with E-state index in [2.05, 4.69) is 19.2 Å². The molecule has 2 nitrogen and oxygen atoms in total. The van der Waals surface area contributed by atoms with Crippen molar-refractivity contribution in [3.8, 4) is 0 Å². The number of methoxy groups -OCH3 is 1. The lowest BCUT2D eigenvalue weighted by atomic mass is 9.52. The van der Waals surface area contributed by atoms with Gasteiger partial charge in [0.2, 0.25) is 0 Å². The van der Waals surface area contributed by atoms with Crippen molar-refractivity contribution in [3.63, 3.8) is 0 Å².